The third kappa shape index (κ3) is 5.16. The minimum absolute atomic E-state index is 0.00155. The van der Waals surface area contributed by atoms with E-state index in [9.17, 15) is 26.4 Å². The molecule has 2 heterocycles. The van der Waals surface area contributed by atoms with Crippen LogP contribution in [0.15, 0.2) is 23.4 Å². The van der Waals surface area contributed by atoms with Gasteiger partial charge in [-0.2, -0.15) is 13.2 Å². The number of hydrogen-bond acceptors (Lipinski definition) is 5. The molecule has 2 fully saturated rings. The van der Waals surface area contributed by atoms with Gasteiger partial charge in [-0.3, -0.25) is 4.79 Å². The number of carbonyl (C=O) groups excluding carboxylic acids is 1. The van der Waals surface area contributed by atoms with Crippen LogP contribution in [0.2, 0.25) is 0 Å². The van der Waals surface area contributed by atoms with Gasteiger partial charge in [0.15, 0.2) is 9.84 Å². The Morgan fingerprint density at radius 3 is 2.41 bits per heavy atom. The maximum absolute atomic E-state index is 12.8. The lowest BCUT2D eigenvalue weighted by Crippen LogP contribution is -2.47. The molecule has 0 aromatic carbocycles. The number of hydrogen-bond donors (Lipinski definition) is 0. The van der Waals surface area contributed by atoms with E-state index in [1.165, 1.54) is 6.07 Å². The van der Waals surface area contributed by atoms with Crippen molar-refractivity contribution in [3.05, 3.63) is 23.9 Å². The van der Waals surface area contributed by atoms with Gasteiger partial charge in [-0.05, 0) is 31.4 Å². The normalized spacial score (nSPS) is 22.9. The number of nitrogens with zero attached hydrogens (tertiary/aromatic N) is 2. The summed E-state index contributed by atoms with van der Waals surface area (Å²) >= 11 is 1.07. The zero-order valence-corrected chi connectivity index (χ0v) is 16.2. The van der Waals surface area contributed by atoms with Crippen molar-refractivity contribution in [2.24, 2.45) is 0 Å². The minimum Gasteiger partial charge on any atom is -0.335 e. The van der Waals surface area contributed by atoms with Crippen LogP contribution < -0.4 is 0 Å². The van der Waals surface area contributed by atoms with Crippen LogP contribution in [0, 0.1) is 0 Å². The van der Waals surface area contributed by atoms with Crippen LogP contribution in [0.1, 0.15) is 37.7 Å². The van der Waals surface area contributed by atoms with Crippen LogP contribution in [0.25, 0.3) is 0 Å². The molecule has 1 atom stereocenters. The first-order valence-corrected chi connectivity index (χ1v) is 11.6. The van der Waals surface area contributed by atoms with E-state index in [0.717, 1.165) is 49.7 Å². The third-order valence-electron chi connectivity index (χ3n) is 5.02. The Balaban J connectivity index is 1.66. The van der Waals surface area contributed by atoms with E-state index in [-0.39, 0.29) is 35.2 Å². The summed E-state index contributed by atoms with van der Waals surface area (Å²) in [5.41, 5.74) is -0.832. The van der Waals surface area contributed by atoms with Crippen molar-refractivity contribution in [2.45, 2.75) is 55.4 Å². The Kier molecular flexibility index (Phi) is 6.05. The molecule has 1 unspecified atom stereocenters. The number of carbonyl (C=O) groups is 1. The van der Waals surface area contributed by atoms with Crippen molar-refractivity contribution >= 4 is 27.5 Å². The van der Waals surface area contributed by atoms with Crippen LogP contribution >= 0.6 is 11.8 Å². The second-order valence-electron chi connectivity index (χ2n) is 6.97. The largest absolute Gasteiger partial charge is 0.417 e. The second-order valence-corrected chi connectivity index (χ2v) is 10.2. The first kappa shape index (κ1) is 20.4. The van der Waals surface area contributed by atoms with E-state index in [4.69, 9.17) is 0 Å². The van der Waals surface area contributed by atoms with Gasteiger partial charge in [0.05, 0.1) is 27.8 Å². The number of halogens is 3. The summed E-state index contributed by atoms with van der Waals surface area (Å²) in [5.74, 6) is -0.0401. The van der Waals surface area contributed by atoms with E-state index in [1.54, 1.807) is 4.90 Å². The fourth-order valence-corrected chi connectivity index (χ4v) is 6.15. The Hall–Kier alpha value is -1.29. The maximum Gasteiger partial charge on any atom is 0.417 e. The van der Waals surface area contributed by atoms with Gasteiger partial charge in [0, 0.05) is 18.3 Å². The average molecular weight is 422 g/mol. The summed E-state index contributed by atoms with van der Waals surface area (Å²) < 4.78 is 61.4. The molecule has 1 saturated heterocycles. The average Bonchev–Trinajstić information content (AvgIpc) is 3.23. The zero-order valence-electron chi connectivity index (χ0n) is 14.6. The molecule has 5 nitrogen and oxygen atoms in total. The maximum atomic E-state index is 12.8. The van der Waals surface area contributed by atoms with Gasteiger partial charge in [-0.25, -0.2) is 13.4 Å². The Morgan fingerprint density at radius 2 is 1.89 bits per heavy atom. The van der Waals surface area contributed by atoms with Gasteiger partial charge >= 0.3 is 6.18 Å². The topological polar surface area (TPSA) is 67.3 Å². The minimum atomic E-state index is -4.45. The summed E-state index contributed by atoms with van der Waals surface area (Å²) in [6.07, 6.45) is 0.526. The Bertz CT molecular complexity index is 776. The van der Waals surface area contributed by atoms with Crippen LogP contribution in [-0.2, 0) is 20.8 Å². The number of rotatable bonds is 5. The zero-order chi connectivity index (χ0) is 19.7. The number of pyridine rings is 1. The van der Waals surface area contributed by atoms with Crippen LogP contribution in [0.3, 0.4) is 0 Å². The van der Waals surface area contributed by atoms with Crippen LogP contribution in [0.5, 0.6) is 0 Å². The van der Waals surface area contributed by atoms with Gasteiger partial charge < -0.3 is 4.90 Å². The molecule has 150 valence electrons. The van der Waals surface area contributed by atoms with Crippen LogP contribution in [-0.4, -0.2) is 53.6 Å². The van der Waals surface area contributed by atoms with Crippen molar-refractivity contribution in [1.82, 2.24) is 9.88 Å². The van der Waals surface area contributed by atoms with Crippen molar-refractivity contribution < 1.29 is 26.4 Å². The second kappa shape index (κ2) is 7.98. The fourth-order valence-electron chi connectivity index (χ4n) is 3.73. The summed E-state index contributed by atoms with van der Waals surface area (Å²) in [5, 5.41) is 0.335. The monoisotopic (exact) mass is 422 g/mol. The third-order valence-corrected chi connectivity index (χ3v) is 7.69. The summed E-state index contributed by atoms with van der Waals surface area (Å²) in [6, 6.07) is 1.95. The lowest BCUT2D eigenvalue weighted by atomic mass is 10.1. The van der Waals surface area contributed by atoms with E-state index in [1.807, 2.05) is 0 Å². The molecule has 1 aliphatic carbocycles. The Labute approximate surface area is 160 Å². The number of alkyl halides is 3. The molecule has 0 bridgehead atoms. The molecule has 0 radical (unpaired) electrons. The molecular formula is C17H21F3N2O3S2. The van der Waals surface area contributed by atoms with Gasteiger partial charge in [0.1, 0.15) is 0 Å². The molecule has 1 saturated carbocycles. The van der Waals surface area contributed by atoms with Gasteiger partial charge in [0.25, 0.3) is 0 Å². The Morgan fingerprint density at radius 1 is 1.19 bits per heavy atom. The highest BCUT2D eigenvalue weighted by atomic mass is 32.2. The van der Waals surface area contributed by atoms with Gasteiger partial charge in [0.2, 0.25) is 5.91 Å². The van der Waals surface area contributed by atoms with E-state index >= 15 is 0 Å². The molecule has 1 amide bonds. The molecule has 2 aliphatic rings. The van der Waals surface area contributed by atoms with Crippen LogP contribution in [0.4, 0.5) is 13.2 Å². The molecule has 27 heavy (non-hydrogen) atoms. The quantitative estimate of drug-likeness (QED) is 0.682. The highest BCUT2D eigenvalue weighted by Gasteiger charge is 2.39. The van der Waals surface area contributed by atoms with Gasteiger partial charge in [-0.1, -0.05) is 24.6 Å². The van der Waals surface area contributed by atoms with Crippen molar-refractivity contribution in [2.75, 3.05) is 17.3 Å². The van der Waals surface area contributed by atoms with Crippen molar-refractivity contribution in [1.29, 1.82) is 0 Å². The predicted octanol–water partition coefficient (Wildman–Crippen LogP) is 3.15. The summed E-state index contributed by atoms with van der Waals surface area (Å²) in [4.78, 5) is 18.3. The molecule has 0 spiro atoms. The molecule has 10 heteroatoms. The van der Waals surface area contributed by atoms with Crippen molar-refractivity contribution in [3.63, 3.8) is 0 Å². The fraction of sp³-hybridized carbons (Fsp3) is 0.647. The molecular weight excluding hydrogens is 401 g/mol. The first-order chi connectivity index (χ1) is 12.7. The number of thioether (sulfide) groups is 1. The standard InChI is InChI=1S/C17H21F3N2O3S2/c18-17(19,20)12-5-6-15(21-9-12)26-10-16(23)22(13-3-1-2-4-13)14-7-8-27(24,25)11-14/h5-6,9,13-14H,1-4,7-8,10-11H2. The van der Waals surface area contributed by atoms with Crippen molar-refractivity contribution in [3.8, 4) is 0 Å². The van der Waals surface area contributed by atoms with E-state index in [2.05, 4.69) is 4.98 Å². The molecule has 1 aliphatic heterocycles. The number of sulfone groups is 1. The molecule has 1 aromatic heterocycles. The number of aromatic nitrogens is 1. The van der Waals surface area contributed by atoms with Gasteiger partial charge in [-0.15, -0.1) is 0 Å². The lowest BCUT2D eigenvalue weighted by molar-refractivity contribution is -0.138. The highest BCUT2D eigenvalue weighted by Crippen LogP contribution is 2.31. The molecule has 1 aromatic rings. The lowest BCUT2D eigenvalue weighted by Gasteiger charge is -2.34. The van der Waals surface area contributed by atoms with E-state index < -0.39 is 21.6 Å². The molecule has 0 N–H and O–H groups in total. The predicted molar refractivity (Wildman–Crippen MR) is 96.1 cm³/mol. The molecule has 3 rings (SSSR count). The number of amides is 1. The SMILES string of the molecule is O=C(CSc1ccc(C(F)(F)F)cn1)N(C1CCCC1)C1CCS(=O)(=O)C1. The smallest absolute Gasteiger partial charge is 0.335 e. The summed E-state index contributed by atoms with van der Waals surface area (Å²) in [7, 11) is -3.11. The first-order valence-electron chi connectivity index (χ1n) is 8.83. The van der Waals surface area contributed by atoms with E-state index in [0.29, 0.717) is 11.4 Å². The highest BCUT2D eigenvalue weighted by molar-refractivity contribution is 7.99. The summed E-state index contributed by atoms with van der Waals surface area (Å²) in [6.45, 7) is 0.